The molecule has 4 aromatic rings. The lowest BCUT2D eigenvalue weighted by atomic mass is 9.69. The predicted molar refractivity (Wildman–Crippen MR) is 163 cm³/mol. The van der Waals surface area contributed by atoms with E-state index in [-0.39, 0.29) is 11.8 Å². The number of carbonyl (C=O) groups is 2. The predicted octanol–water partition coefficient (Wildman–Crippen LogP) is 7.20. The molecule has 0 spiro atoms. The van der Waals surface area contributed by atoms with Crippen molar-refractivity contribution in [3.05, 3.63) is 108 Å². The van der Waals surface area contributed by atoms with E-state index < -0.39 is 5.41 Å². The summed E-state index contributed by atoms with van der Waals surface area (Å²) >= 11 is 0. The topological polar surface area (TPSA) is 74.3 Å². The van der Waals surface area contributed by atoms with Gasteiger partial charge in [-0.15, -0.1) is 0 Å². The van der Waals surface area contributed by atoms with E-state index in [0.717, 1.165) is 43.2 Å². The Morgan fingerprint density at radius 2 is 1.48 bits per heavy atom. The van der Waals surface area contributed by atoms with Gasteiger partial charge in [0.05, 0.1) is 17.3 Å². The van der Waals surface area contributed by atoms with E-state index in [1.54, 1.807) is 42.7 Å². The molecule has 0 atom stereocenters. The molecule has 6 heteroatoms. The summed E-state index contributed by atoms with van der Waals surface area (Å²) in [5.41, 5.74) is 5.94. The Morgan fingerprint density at radius 3 is 2.12 bits per heavy atom. The lowest BCUT2D eigenvalue weighted by molar-refractivity contribution is -0.127. The zero-order chi connectivity index (χ0) is 28.0. The van der Waals surface area contributed by atoms with Crippen LogP contribution in [0.1, 0.15) is 48.0 Å². The van der Waals surface area contributed by atoms with Crippen molar-refractivity contribution in [3.63, 3.8) is 0 Å². The summed E-state index contributed by atoms with van der Waals surface area (Å²) in [5, 5.41) is 6.00. The summed E-state index contributed by atoms with van der Waals surface area (Å²) in [5.74, 6) is -0.215. The first kappa shape index (κ1) is 27.1. The van der Waals surface area contributed by atoms with Gasteiger partial charge in [0.15, 0.2) is 0 Å². The molecule has 2 amide bonds. The molecule has 1 aliphatic carbocycles. The maximum atomic E-state index is 13.8. The number of carbonyl (C=O) groups excluding carboxylic acids is 2. The van der Waals surface area contributed by atoms with Crippen LogP contribution in [0.25, 0.3) is 11.1 Å². The van der Waals surface area contributed by atoms with Gasteiger partial charge in [-0.2, -0.15) is 0 Å². The molecule has 1 aliphatic rings. The standard InChI is InChI=1S/C34H36N4O2/c1-38(2)31-17-15-27(16-18-31)26-13-11-25(12-14-26)23-34(19-4-3-5-20-34)33(40)37-29-9-6-8-28(22-29)32(39)36-30-10-7-21-35-24-30/h6-18,21-22,24H,3-5,19-20,23H2,1-2H3,(H,36,39)(H,37,40). The van der Waals surface area contributed by atoms with E-state index in [1.165, 1.54) is 11.3 Å². The SMILES string of the molecule is CN(C)c1ccc(-c2ccc(CC3(C(=O)Nc4cccc(C(=O)Nc5cccnc5)c4)CCCCC3)cc2)cc1. The van der Waals surface area contributed by atoms with Crippen LogP contribution in [-0.4, -0.2) is 30.9 Å². The third kappa shape index (κ3) is 6.40. The molecule has 3 aromatic carbocycles. The van der Waals surface area contributed by atoms with Crippen LogP contribution in [0.4, 0.5) is 17.1 Å². The highest BCUT2D eigenvalue weighted by Crippen LogP contribution is 2.41. The molecular formula is C34H36N4O2. The Kier molecular flexibility index (Phi) is 8.25. The average molecular weight is 533 g/mol. The van der Waals surface area contributed by atoms with E-state index in [9.17, 15) is 9.59 Å². The minimum atomic E-state index is -0.471. The van der Waals surface area contributed by atoms with Crippen molar-refractivity contribution >= 4 is 28.9 Å². The highest BCUT2D eigenvalue weighted by Gasteiger charge is 2.39. The third-order valence-corrected chi connectivity index (χ3v) is 7.81. The van der Waals surface area contributed by atoms with E-state index in [0.29, 0.717) is 23.4 Å². The number of amides is 2. The van der Waals surface area contributed by atoms with Crippen molar-refractivity contribution in [2.75, 3.05) is 29.6 Å². The minimum Gasteiger partial charge on any atom is -0.378 e. The zero-order valence-corrected chi connectivity index (χ0v) is 23.2. The Labute approximate surface area is 236 Å². The van der Waals surface area contributed by atoms with Gasteiger partial charge < -0.3 is 15.5 Å². The zero-order valence-electron chi connectivity index (χ0n) is 23.2. The number of aromatic nitrogens is 1. The smallest absolute Gasteiger partial charge is 0.255 e. The molecule has 204 valence electrons. The van der Waals surface area contributed by atoms with Crippen LogP contribution in [-0.2, 0) is 11.2 Å². The van der Waals surface area contributed by atoms with Crippen LogP contribution in [0.2, 0.25) is 0 Å². The first-order chi connectivity index (χ1) is 19.4. The fourth-order valence-electron chi connectivity index (χ4n) is 5.51. The van der Waals surface area contributed by atoms with Gasteiger partial charge in [-0.3, -0.25) is 14.6 Å². The quantitative estimate of drug-likeness (QED) is 0.252. The summed E-state index contributed by atoms with van der Waals surface area (Å²) in [6, 6.07) is 27.8. The van der Waals surface area contributed by atoms with E-state index in [4.69, 9.17) is 0 Å². The molecular weight excluding hydrogens is 496 g/mol. The Bertz CT molecular complexity index is 1440. The van der Waals surface area contributed by atoms with Crippen LogP contribution < -0.4 is 15.5 Å². The van der Waals surface area contributed by atoms with Crippen molar-refractivity contribution < 1.29 is 9.59 Å². The molecule has 1 heterocycles. The molecule has 0 aliphatic heterocycles. The van der Waals surface area contributed by atoms with Gasteiger partial charge in [0, 0.05) is 37.2 Å². The number of benzene rings is 3. The maximum Gasteiger partial charge on any atom is 0.255 e. The van der Waals surface area contributed by atoms with Crippen molar-refractivity contribution in [1.82, 2.24) is 4.98 Å². The summed E-state index contributed by atoms with van der Waals surface area (Å²) in [7, 11) is 4.08. The Hall–Kier alpha value is -4.45. The molecule has 2 N–H and O–H groups in total. The summed E-state index contributed by atoms with van der Waals surface area (Å²) in [6.07, 6.45) is 8.89. The third-order valence-electron chi connectivity index (χ3n) is 7.81. The van der Waals surface area contributed by atoms with Crippen LogP contribution in [0.5, 0.6) is 0 Å². The normalized spacial score (nSPS) is 14.2. The van der Waals surface area contributed by atoms with Crippen LogP contribution >= 0.6 is 0 Å². The fourth-order valence-corrected chi connectivity index (χ4v) is 5.51. The molecule has 1 fully saturated rings. The van der Waals surface area contributed by atoms with Crippen molar-refractivity contribution in [3.8, 4) is 11.1 Å². The second-order valence-corrected chi connectivity index (χ2v) is 10.9. The molecule has 6 nitrogen and oxygen atoms in total. The molecule has 0 bridgehead atoms. The van der Waals surface area contributed by atoms with Crippen molar-refractivity contribution in [2.24, 2.45) is 5.41 Å². The monoisotopic (exact) mass is 532 g/mol. The lowest BCUT2D eigenvalue weighted by Gasteiger charge is -2.36. The number of hydrogen-bond acceptors (Lipinski definition) is 4. The molecule has 0 unspecified atom stereocenters. The maximum absolute atomic E-state index is 13.8. The second-order valence-electron chi connectivity index (χ2n) is 10.9. The van der Waals surface area contributed by atoms with Crippen LogP contribution in [0, 0.1) is 5.41 Å². The number of pyridine rings is 1. The summed E-state index contributed by atoms with van der Waals surface area (Å²) in [6.45, 7) is 0. The van der Waals surface area contributed by atoms with Gasteiger partial charge in [0.2, 0.25) is 5.91 Å². The highest BCUT2D eigenvalue weighted by molar-refractivity contribution is 6.05. The lowest BCUT2D eigenvalue weighted by Crippen LogP contribution is -2.40. The summed E-state index contributed by atoms with van der Waals surface area (Å²) in [4.78, 5) is 32.7. The van der Waals surface area contributed by atoms with Crippen molar-refractivity contribution in [2.45, 2.75) is 38.5 Å². The van der Waals surface area contributed by atoms with E-state index >= 15 is 0 Å². The summed E-state index contributed by atoms with van der Waals surface area (Å²) < 4.78 is 0. The molecule has 40 heavy (non-hydrogen) atoms. The highest BCUT2D eigenvalue weighted by atomic mass is 16.2. The Balaban J connectivity index is 1.29. The van der Waals surface area contributed by atoms with Crippen LogP contribution in [0.3, 0.4) is 0 Å². The number of anilines is 3. The minimum absolute atomic E-state index is 0.0281. The van der Waals surface area contributed by atoms with E-state index in [2.05, 4.69) is 69.0 Å². The number of nitrogens with zero attached hydrogens (tertiary/aromatic N) is 2. The first-order valence-corrected chi connectivity index (χ1v) is 13.9. The average Bonchev–Trinajstić information content (AvgIpc) is 2.99. The number of rotatable bonds is 8. The van der Waals surface area contributed by atoms with Gasteiger partial charge in [-0.05, 0) is 78.4 Å². The number of hydrogen-bond donors (Lipinski definition) is 2. The van der Waals surface area contributed by atoms with Gasteiger partial charge in [0.1, 0.15) is 0 Å². The largest absolute Gasteiger partial charge is 0.378 e. The van der Waals surface area contributed by atoms with Crippen molar-refractivity contribution in [1.29, 1.82) is 0 Å². The van der Waals surface area contributed by atoms with Gasteiger partial charge >= 0.3 is 0 Å². The molecule has 1 saturated carbocycles. The molecule has 0 saturated heterocycles. The van der Waals surface area contributed by atoms with Gasteiger partial charge in [-0.1, -0.05) is 61.7 Å². The molecule has 0 radical (unpaired) electrons. The fraction of sp³-hybridized carbons (Fsp3) is 0.265. The van der Waals surface area contributed by atoms with E-state index in [1.807, 2.05) is 20.2 Å². The Morgan fingerprint density at radius 1 is 0.800 bits per heavy atom. The van der Waals surface area contributed by atoms with Crippen LogP contribution in [0.15, 0.2) is 97.3 Å². The number of nitrogens with one attached hydrogen (secondary N) is 2. The molecule has 1 aromatic heterocycles. The van der Waals surface area contributed by atoms with Gasteiger partial charge in [-0.25, -0.2) is 0 Å². The van der Waals surface area contributed by atoms with Gasteiger partial charge in [0.25, 0.3) is 5.91 Å². The first-order valence-electron chi connectivity index (χ1n) is 13.9. The molecule has 5 rings (SSSR count). The second kappa shape index (κ2) is 12.2.